The van der Waals surface area contributed by atoms with Crippen LogP contribution in [0.25, 0.3) is 5.57 Å². The Morgan fingerprint density at radius 3 is 2.79 bits per heavy atom. The van der Waals surface area contributed by atoms with Crippen LogP contribution in [0.15, 0.2) is 40.3 Å². The molecule has 1 aromatic heterocycles. The van der Waals surface area contributed by atoms with Crippen LogP contribution in [0.1, 0.15) is 33.1 Å². The van der Waals surface area contributed by atoms with E-state index in [1.807, 2.05) is 17.5 Å². The van der Waals surface area contributed by atoms with E-state index in [4.69, 9.17) is 10.5 Å². The Bertz CT molecular complexity index is 1010. The number of aliphatic imine (C=N–C) groups is 1. The van der Waals surface area contributed by atoms with E-state index >= 15 is 0 Å². The average molecular weight is 415 g/mol. The number of thiophene rings is 1. The van der Waals surface area contributed by atoms with E-state index in [0.29, 0.717) is 11.3 Å². The van der Waals surface area contributed by atoms with Gasteiger partial charge in [-0.05, 0) is 34.7 Å². The van der Waals surface area contributed by atoms with Gasteiger partial charge in [-0.15, -0.1) is 11.3 Å². The smallest absolute Gasteiger partial charge is 0.342 e. The highest BCUT2D eigenvalue weighted by molar-refractivity contribution is 7.11. The Hall–Kier alpha value is -3.33. The lowest BCUT2D eigenvalue weighted by Crippen LogP contribution is -2.35. The van der Waals surface area contributed by atoms with Gasteiger partial charge in [0.15, 0.2) is 0 Å². The summed E-state index contributed by atoms with van der Waals surface area (Å²) in [5.41, 5.74) is 0.593. The highest BCUT2D eigenvalue weighted by Gasteiger charge is 2.34. The summed E-state index contributed by atoms with van der Waals surface area (Å²) in [6.45, 7) is 0. The summed E-state index contributed by atoms with van der Waals surface area (Å²) >= 11 is 1.42. The Morgan fingerprint density at radius 1 is 1.48 bits per heavy atom. The minimum atomic E-state index is -1.58. The lowest BCUT2D eigenvalue weighted by molar-refractivity contribution is -0.120. The first kappa shape index (κ1) is 20.4. The number of aromatic carboxylic acids is 1. The maximum absolute atomic E-state index is 14.4. The Kier molecular flexibility index (Phi) is 5.88. The van der Waals surface area contributed by atoms with Gasteiger partial charge in [0.25, 0.3) is 0 Å². The highest BCUT2D eigenvalue weighted by atomic mass is 32.1. The molecule has 2 aromatic rings. The number of nitrogens with one attached hydrogen (secondary N) is 2. The van der Waals surface area contributed by atoms with Gasteiger partial charge in [-0.1, -0.05) is 6.07 Å². The first-order valence-corrected chi connectivity index (χ1v) is 9.51. The summed E-state index contributed by atoms with van der Waals surface area (Å²) in [6, 6.07) is 5.88. The van der Waals surface area contributed by atoms with E-state index in [9.17, 15) is 19.1 Å². The monoisotopic (exact) mass is 415 g/mol. The molecular weight excluding hydrogens is 397 g/mol. The van der Waals surface area contributed by atoms with Crippen molar-refractivity contribution in [2.75, 3.05) is 7.05 Å². The molecule has 2 atom stereocenters. The molecule has 0 aliphatic carbocycles. The Labute approximate surface area is 169 Å². The number of hydrogen-bond donors (Lipinski definition) is 4. The lowest BCUT2D eigenvalue weighted by Gasteiger charge is -2.30. The molecule has 0 bridgehead atoms. The largest absolute Gasteiger partial charge is 0.507 e. The van der Waals surface area contributed by atoms with E-state index in [2.05, 4.69) is 10.3 Å². The van der Waals surface area contributed by atoms with Gasteiger partial charge in [-0.25, -0.2) is 9.18 Å². The average Bonchev–Trinajstić information content (AvgIpc) is 3.18. The second-order valence-corrected chi connectivity index (χ2v) is 7.36. The second-order valence-electron chi connectivity index (χ2n) is 6.41. The van der Waals surface area contributed by atoms with E-state index in [0.717, 1.165) is 17.2 Å². The predicted molar refractivity (Wildman–Crippen MR) is 108 cm³/mol. The number of amides is 1. The quantitative estimate of drug-likeness (QED) is 0.541. The molecular formula is C20H18FN3O4S. The molecule has 1 aromatic carbocycles. The summed E-state index contributed by atoms with van der Waals surface area (Å²) in [4.78, 5) is 28.4. The molecule has 2 unspecified atom stereocenters. The van der Waals surface area contributed by atoms with E-state index < -0.39 is 34.9 Å². The highest BCUT2D eigenvalue weighted by Crippen LogP contribution is 2.43. The summed E-state index contributed by atoms with van der Waals surface area (Å²) in [7, 11) is 1.56. The standard InChI is InChI=1S/C20H18FN3O4S/c1-23-9-11(8-22)19-17(15-3-2-4-29-15)12(7-16(26)24-19)10-5-13(21)18(20(27)28)14(25)6-10/h2-6,8-9,11-12,22,25H,7H2,1H3,(H,24,26)(H,27,28). The van der Waals surface area contributed by atoms with E-state index in [1.165, 1.54) is 23.6 Å². The van der Waals surface area contributed by atoms with Crippen LogP contribution in [-0.2, 0) is 4.79 Å². The van der Waals surface area contributed by atoms with Gasteiger partial charge < -0.3 is 20.9 Å². The number of rotatable bonds is 6. The summed E-state index contributed by atoms with van der Waals surface area (Å²) in [5, 5.41) is 31.5. The SMILES string of the molecule is CN=CC(C=N)C1=C(c2cccs2)C(c2cc(O)c(C(=O)O)c(F)c2)CC(=O)N1. The number of carboxylic acid groups (broad SMARTS) is 1. The maximum atomic E-state index is 14.4. The fourth-order valence-electron chi connectivity index (χ4n) is 3.41. The maximum Gasteiger partial charge on any atom is 0.342 e. The normalized spacial score (nSPS) is 18.0. The van der Waals surface area contributed by atoms with Gasteiger partial charge in [0.2, 0.25) is 5.91 Å². The fraction of sp³-hybridized carbons (Fsp3) is 0.200. The molecule has 9 heteroatoms. The van der Waals surface area contributed by atoms with Gasteiger partial charge in [0.1, 0.15) is 17.1 Å². The first-order valence-electron chi connectivity index (χ1n) is 8.63. The molecule has 7 nitrogen and oxygen atoms in total. The van der Waals surface area contributed by atoms with Crippen LogP contribution >= 0.6 is 11.3 Å². The van der Waals surface area contributed by atoms with Gasteiger partial charge in [-0.2, -0.15) is 0 Å². The molecule has 1 aliphatic rings. The summed E-state index contributed by atoms with van der Waals surface area (Å²) in [6.07, 6.45) is 2.64. The van der Waals surface area contributed by atoms with Crippen LogP contribution in [0.3, 0.4) is 0 Å². The zero-order chi connectivity index (χ0) is 21.1. The number of phenols is 1. The first-order chi connectivity index (χ1) is 13.9. The third kappa shape index (κ3) is 3.95. The zero-order valence-electron chi connectivity index (χ0n) is 15.3. The van der Waals surface area contributed by atoms with Gasteiger partial charge in [0.05, 0.1) is 5.92 Å². The molecule has 1 aliphatic heterocycles. The molecule has 29 heavy (non-hydrogen) atoms. The number of hydrogen-bond acceptors (Lipinski definition) is 6. The van der Waals surface area contributed by atoms with Crippen molar-refractivity contribution in [3.05, 3.63) is 57.2 Å². The molecule has 0 radical (unpaired) electrons. The van der Waals surface area contributed by atoms with Crippen molar-refractivity contribution >= 4 is 41.2 Å². The predicted octanol–water partition coefficient (Wildman–Crippen LogP) is 3.27. The molecule has 2 heterocycles. The lowest BCUT2D eigenvalue weighted by atomic mass is 9.80. The summed E-state index contributed by atoms with van der Waals surface area (Å²) in [5.74, 6) is -4.92. The molecule has 3 rings (SSSR count). The van der Waals surface area contributed by atoms with Crippen LogP contribution in [-0.4, -0.2) is 41.6 Å². The van der Waals surface area contributed by atoms with Crippen LogP contribution in [0.2, 0.25) is 0 Å². The fourth-order valence-corrected chi connectivity index (χ4v) is 4.25. The number of benzene rings is 1. The van der Waals surface area contributed by atoms with E-state index in [-0.39, 0.29) is 17.9 Å². The van der Waals surface area contributed by atoms with Crippen molar-refractivity contribution in [1.29, 1.82) is 5.41 Å². The number of allylic oxidation sites excluding steroid dienone is 2. The van der Waals surface area contributed by atoms with Gasteiger partial charge in [-0.3, -0.25) is 9.79 Å². The molecule has 0 spiro atoms. The molecule has 0 fully saturated rings. The molecule has 0 saturated carbocycles. The van der Waals surface area contributed by atoms with Crippen LogP contribution in [0.5, 0.6) is 5.75 Å². The Balaban J connectivity index is 2.25. The van der Waals surface area contributed by atoms with Gasteiger partial charge >= 0.3 is 5.97 Å². The third-order valence-corrected chi connectivity index (χ3v) is 5.52. The molecule has 150 valence electrons. The van der Waals surface area contributed by atoms with Crippen molar-refractivity contribution in [2.45, 2.75) is 12.3 Å². The topological polar surface area (TPSA) is 123 Å². The third-order valence-electron chi connectivity index (χ3n) is 4.62. The van der Waals surface area contributed by atoms with Crippen molar-refractivity contribution in [1.82, 2.24) is 5.32 Å². The second kappa shape index (κ2) is 8.36. The van der Waals surface area contributed by atoms with Crippen molar-refractivity contribution < 1.29 is 24.2 Å². The van der Waals surface area contributed by atoms with Crippen LogP contribution < -0.4 is 5.32 Å². The van der Waals surface area contributed by atoms with Gasteiger partial charge in [0, 0.05) is 42.4 Å². The number of carbonyl (C=O) groups excluding carboxylic acids is 1. The molecule has 1 amide bonds. The number of nitrogens with zero attached hydrogens (tertiary/aromatic N) is 1. The van der Waals surface area contributed by atoms with E-state index in [1.54, 1.807) is 7.05 Å². The Morgan fingerprint density at radius 2 is 2.24 bits per heavy atom. The van der Waals surface area contributed by atoms with Crippen LogP contribution in [0.4, 0.5) is 4.39 Å². The van der Waals surface area contributed by atoms with Crippen molar-refractivity contribution in [3.8, 4) is 5.75 Å². The van der Waals surface area contributed by atoms with Crippen molar-refractivity contribution in [3.63, 3.8) is 0 Å². The minimum absolute atomic E-state index is 0.0178. The molecule has 4 N–H and O–H groups in total. The number of aromatic hydroxyl groups is 1. The van der Waals surface area contributed by atoms with Crippen LogP contribution in [0, 0.1) is 17.1 Å². The number of carbonyl (C=O) groups is 2. The molecule has 0 saturated heterocycles. The minimum Gasteiger partial charge on any atom is -0.507 e. The zero-order valence-corrected chi connectivity index (χ0v) is 16.2. The summed E-state index contributed by atoms with van der Waals surface area (Å²) < 4.78 is 14.4. The van der Waals surface area contributed by atoms with Crippen molar-refractivity contribution in [2.24, 2.45) is 10.9 Å². The number of carboxylic acids is 1. The number of halogens is 1.